The van der Waals surface area contributed by atoms with Gasteiger partial charge in [0.25, 0.3) is 5.89 Å². The van der Waals surface area contributed by atoms with Crippen LogP contribution < -0.4 is 4.57 Å². The maximum absolute atomic E-state index is 14.1. The van der Waals surface area contributed by atoms with E-state index in [0.717, 1.165) is 11.6 Å². The minimum atomic E-state index is -0.936. The van der Waals surface area contributed by atoms with Crippen LogP contribution in [-0.4, -0.2) is 25.1 Å². The molecule has 4 aromatic heterocycles. The van der Waals surface area contributed by atoms with Gasteiger partial charge >= 0.3 is 0 Å². The Hall–Kier alpha value is -4.01. The minimum Gasteiger partial charge on any atom is -0.333 e. The number of hydrogen-bond donors (Lipinski definition) is 1. The maximum Gasteiger partial charge on any atom is 0.292 e. The van der Waals surface area contributed by atoms with Gasteiger partial charge in [0, 0.05) is 24.0 Å². The number of nitrogens with one attached hydrogen (secondary N) is 1. The molecule has 0 aliphatic heterocycles. The summed E-state index contributed by atoms with van der Waals surface area (Å²) in [5.41, 5.74) is 2.18. The fourth-order valence-corrected chi connectivity index (χ4v) is 3.01. The summed E-state index contributed by atoms with van der Waals surface area (Å²) in [5, 5.41) is 3.98. The lowest BCUT2D eigenvalue weighted by Crippen LogP contribution is -2.33. The van der Waals surface area contributed by atoms with Crippen LogP contribution >= 0.6 is 0 Å². The molecule has 0 saturated heterocycles. The largest absolute Gasteiger partial charge is 0.333 e. The third kappa shape index (κ3) is 3.22. The van der Waals surface area contributed by atoms with Crippen molar-refractivity contribution in [2.24, 2.45) is 0 Å². The van der Waals surface area contributed by atoms with E-state index in [2.05, 4.69) is 25.1 Å². The molecule has 7 nitrogen and oxygen atoms in total. The average Bonchev–Trinajstić information content (AvgIpc) is 3.37. The van der Waals surface area contributed by atoms with Crippen molar-refractivity contribution in [3.05, 3.63) is 78.7 Å². The highest BCUT2D eigenvalue weighted by molar-refractivity contribution is 5.77. The van der Waals surface area contributed by atoms with Crippen molar-refractivity contribution in [3.8, 4) is 22.8 Å². The Labute approximate surface area is 162 Å². The molecule has 0 bridgehead atoms. The lowest BCUT2D eigenvalue weighted by molar-refractivity contribution is -0.689. The summed E-state index contributed by atoms with van der Waals surface area (Å²) in [4.78, 5) is 15.7. The molecule has 0 atom stereocenters. The van der Waals surface area contributed by atoms with Crippen molar-refractivity contribution in [2.45, 2.75) is 6.54 Å². The van der Waals surface area contributed by atoms with Gasteiger partial charge in [-0.15, -0.1) is 0 Å². The molecule has 9 heteroatoms. The van der Waals surface area contributed by atoms with E-state index in [0.29, 0.717) is 29.3 Å². The molecule has 0 fully saturated rings. The van der Waals surface area contributed by atoms with Gasteiger partial charge < -0.3 is 9.51 Å². The number of fused-ring (bicyclic) bond motifs is 1. The number of hydrogen-bond acceptors (Lipinski definition) is 5. The van der Waals surface area contributed by atoms with E-state index in [1.54, 1.807) is 43.0 Å². The summed E-state index contributed by atoms with van der Waals surface area (Å²) in [6.07, 6.45) is 6.90. The lowest BCUT2D eigenvalue weighted by Gasteiger charge is -1.99. The fourth-order valence-electron chi connectivity index (χ4n) is 3.01. The first-order chi connectivity index (χ1) is 14.2. The standard InChI is InChI=1S/C20H12F2N6O/c21-14-3-1-2-13(18(14)22)20-24-15-6-9-28(10-16(15)25-20)11-17-26-19(27-29-17)12-4-7-23-8-5-12/h1-10H,11H2/p+1. The summed E-state index contributed by atoms with van der Waals surface area (Å²) in [7, 11) is 0. The number of nitrogens with zero attached hydrogens (tertiary/aromatic N) is 5. The third-order valence-electron chi connectivity index (χ3n) is 4.41. The topological polar surface area (TPSA) is 84.4 Å². The van der Waals surface area contributed by atoms with Crippen molar-refractivity contribution < 1.29 is 17.9 Å². The number of aromatic nitrogens is 6. The summed E-state index contributed by atoms with van der Waals surface area (Å²) < 4.78 is 34.7. The maximum atomic E-state index is 14.1. The quantitative estimate of drug-likeness (QED) is 0.475. The van der Waals surface area contributed by atoms with E-state index in [1.165, 1.54) is 12.1 Å². The van der Waals surface area contributed by atoms with Gasteiger partial charge in [0.05, 0.1) is 5.56 Å². The highest BCUT2D eigenvalue weighted by atomic mass is 19.2. The van der Waals surface area contributed by atoms with Gasteiger partial charge in [-0.3, -0.25) is 4.98 Å². The second-order valence-corrected chi connectivity index (χ2v) is 6.35. The molecule has 0 amide bonds. The number of aromatic amines is 1. The lowest BCUT2D eigenvalue weighted by atomic mass is 10.2. The molecule has 29 heavy (non-hydrogen) atoms. The summed E-state index contributed by atoms with van der Waals surface area (Å²) in [6, 6.07) is 9.35. The van der Waals surface area contributed by atoms with E-state index in [4.69, 9.17) is 4.52 Å². The Bertz CT molecular complexity index is 1320. The number of pyridine rings is 2. The third-order valence-corrected chi connectivity index (χ3v) is 4.41. The van der Waals surface area contributed by atoms with Gasteiger partial charge in [-0.25, -0.2) is 13.8 Å². The first kappa shape index (κ1) is 17.1. The van der Waals surface area contributed by atoms with E-state index < -0.39 is 11.6 Å². The smallest absolute Gasteiger partial charge is 0.292 e. The molecule has 0 aliphatic rings. The first-order valence-corrected chi connectivity index (χ1v) is 8.73. The molecule has 0 saturated carbocycles. The molecule has 0 unspecified atom stereocenters. The predicted octanol–water partition coefficient (Wildman–Crippen LogP) is 3.29. The zero-order valence-electron chi connectivity index (χ0n) is 14.9. The highest BCUT2D eigenvalue weighted by Crippen LogP contribution is 2.24. The van der Waals surface area contributed by atoms with Crippen molar-refractivity contribution in [1.29, 1.82) is 0 Å². The Morgan fingerprint density at radius 3 is 2.76 bits per heavy atom. The zero-order chi connectivity index (χ0) is 19.8. The molecule has 1 N–H and O–H groups in total. The Balaban J connectivity index is 1.43. The molecule has 142 valence electrons. The average molecular weight is 391 g/mol. The van der Waals surface area contributed by atoms with Gasteiger partial charge in [-0.1, -0.05) is 11.2 Å². The predicted molar refractivity (Wildman–Crippen MR) is 98.3 cm³/mol. The molecule has 1 aromatic carbocycles. The van der Waals surface area contributed by atoms with Crippen LogP contribution in [0.25, 0.3) is 33.8 Å². The Kier molecular flexibility index (Phi) is 4.05. The second-order valence-electron chi connectivity index (χ2n) is 6.35. The van der Waals surface area contributed by atoms with Crippen molar-refractivity contribution in [3.63, 3.8) is 0 Å². The molecule has 5 rings (SSSR count). The normalized spacial score (nSPS) is 11.2. The fraction of sp³-hybridized carbons (Fsp3) is 0.0500. The van der Waals surface area contributed by atoms with Crippen molar-refractivity contribution >= 4 is 11.0 Å². The molecule has 4 heterocycles. The summed E-state index contributed by atoms with van der Waals surface area (Å²) in [5.74, 6) is -0.688. The first-order valence-electron chi connectivity index (χ1n) is 8.73. The SMILES string of the molecule is Fc1cccc(-c2nc3cc[n+](Cc4nc(-c5ccncc5)no4)cc3[nH]2)c1F. The number of rotatable bonds is 4. The molecule has 0 aliphatic carbocycles. The van der Waals surface area contributed by atoms with Crippen LogP contribution in [0.5, 0.6) is 0 Å². The van der Waals surface area contributed by atoms with Gasteiger partial charge in [-0.05, 0) is 24.3 Å². The van der Waals surface area contributed by atoms with Crippen LogP contribution in [0, 0.1) is 11.6 Å². The minimum absolute atomic E-state index is 0.0756. The van der Waals surface area contributed by atoms with Gasteiger partial charge in [0.15, 0.2) is 24.0 Å². The molecular formula is C20H13F2N6O+. The monoisotopic (exact) mass is 391 g/mol. The number of benzene rings is 1. The number of halogens is 2. The van der Waals surface area contributed by atoms with Gasteiger partial charge in [0.2, 0.25) is 12.4 Å². The number of H-pyrrole nitrogens is 1. The Morgan fingerprint density at radius 2 is 1.90 bits per heavy atom. The summed E-state index contributed by atoms with van der Waals surface area (Å²) >= 11 is 0. The van der Waals surface area contributed by atoms with Gasteiger partial charge in [0.1, 0.15) is 16.9 Å². The number of imidazole rings is 1. The summed E-state index contributed by atoms with van der Waals surface area (Å²) in [6.45, 7) is 0.344. The molecule has 0 spiro atoms. The van der Waals surface area contributed by atoms with Crippen LogP contribution in [0.15, 0.2) is 65.7 Å². The van der Waals surface area contributed by atoms with Crippen LogP contribution in [0.1, 0.15) is 5.89 Å². The van der Waals surface area contributed by atoms with E-state index in [-0.39, 0.29) is 11.4 Å². The molecule has 0 radical (unpaired) electrons. The second kappa shape index (κ2) is 6.86. The van der Waals surface area contributed by atoms with E-state index in [1.807, 2.05) is 4.57 Å². The van der Waals surface area contributed by atoms with Crippen molar-refractivity contribution in [2.75, 3.05) is 0 Å². The molecule has 5 aromatic rings. The van der Waals surface area contributed by atoms with Crippen LogP contribution in [0.3, 0.4) is 0 Å². The van der Waals surface area contributed by atoms with Crippen LogP contribution in [0.2, 0.25) is 0 Å². The highest BCUT2D eigenvalue weighted by Gasteiger charge is 2.17. The van der Waals surface area contributed by atoms with Crippen LogP contribution in [0.4, 0.5) is 8.78 Å². The Morgan fingerprint density at radius 1 is 1.03 bits per heavy atom. The zero-order valence-corrected chi connectivity index (χ0v) is 14.9. The van der Waals surface area contributed by atoms with Crippen molar-refractivity contribution in [1.82, 2.24) is 25.1 Å². The van der Waals surface area contributed by atoms with Gasteiger partial charge in [-0.2, -0.15) is 9.55 Å². The van der Waals surface area contributed by atoms with Crippen LogP contribution in [-0.2, 0) is 6.54 Å². The van der Waals surface area contributed by atoms with E-state index in [9.17, 15) is 8.78 Å². The molecular weight excluding hydrogens is 378 g/mol. The van der Waals surface area contributed by atoms with E-state index >= 15 is 0 Å².